The molecule has 0 fully saturated rings. The lowest BCUT2D eigenvalue weighted by Gasteiger charge is -2.12. The molecule has 0 radical (unpaired) electrons. The molecule has 0 bridgehead atoms. The molecule has 0 saturated carbocycles. The fraction of sp³-hybridized carbons (Fsp3) is 0.111. The summed E-state index contributed by atoms with van der Waals surface area (Å²) in [5, 5.41) is 14.0. The van der Waals surface area contributed by atoms with E-state index in [4.69, 9.17) is 4.42 Å². The molecule has 4 rings (SSSR count). The number of aromatic hydroxyl groups is 1. The van der Waals surface area contributed by atoms with Crippen LogP contribution in [0.3, 0.4) is 0 Å². The highest BCUT2D eigenvalue weighted by molar-refractivity contribution is 9.10. The third-order valence-electron chi connectivity index (χ3n) is 3.90. The second kappa shape index (κ2) is 5.49. The second-order valence-corrected chi connectivity index (χ2v) is 6.27. The highest BCUT2D eigenvalue weighted by atomic mass is 79.9. The minimum absolute atomic E-state index is 0.0786. The lowest BCUT2D eigenvalue weighted by Crippen LogP contribution is -2.07. The summed E-state index contributed by atoms with van der Waals surface area (Å²) >= 11 is 3.33. The first-order valence-electron chi connectivity index (χ1n) is 7.51. The fourth-order valence-corrected chi connectivity index (χ4v) is 3.29. The molecule has 1 aliphatic heterocycles. The number of hydrogen-bond acceptors (Lipinski definition) is 5. The summed E-state index contributed by atoms with van der Waals surface area (Å²) < 4.78 is 6.29. The quantitative estimate of drug-likeness (QED) is 0.397. The molecule has 0 aromatic heterocycles. The van der Waals surface area contributed by atoms with Gasteiger partial charge in [0.2, 0.25) is 5.43 Å². The Kier molecular flexibility index (Phi) is 3.42. The Hall–Kier alpha value is -2.60. The maximum atomic E-state index is 12.5. The molecule has 2 aliphatic rings. The number of anilines is 1. The van der Waals surface area contributed by atoms with Gasteiger partial charge in [-0.3, -0.25) is 4.79 Å². The zero-order chi connectivity index (χ0) is 16.8. The second-order valence-electron chi connectivity index (χ2n) is 5.48. The molecule has 5 nitrogen and oxygen atoms in total. The van der Waals surface area contributed by atoms with Crippen LogP contribution in [0.1, 0.15) is 6.92 Å². The third-order valence-corrected chi connectivity index (χ3v) is 4.62. The number of hydrogen-bond donors (Lipinski definition) is 2. The number of nitrogens with one attached hydrogen (secondary N) is 1. The van der Waals surface area contributed by atoms with Gasteiger partial charge in [-0.05, 0) is 53.2 Å². The van der Waals surface area contributed by atoms with E-state index in [9.17, 15) is 9.90 Å². The highest BCUT2D eigenvalue weighted by Gasteiger charge is 2.21. The average molecular weight is 385 g/mol. The molecule has 120 valence electrons. The molecule has 0 saturated heterocycles. The van der Waals surface area contributed by atoms with Crippen molar-refractivity contribution >= 4 is 43.5 Å². The van der Waals surface area contributed by atoms with Gasteiger partial charge in [-0.15, -0.1) is 0 Å². The van der Waals surface area contributed by atoms with Gasteiger partial charge in [0.25, 0.3) is 0 Å². The molecule has 0 atom stereocenters. The van der Waals surface area contributed by atoms with Gasteiger partial charge < -0.3 is 14.8 Å². The van der Waals surface area contributed by atoms with E-state index in [-0.39, 0.29) is 11.2 Å². The number of rotatable bonds is 2. The Morgan fingerprint density at radius 2 is 2.04 bits per heavy atom. The summed E-state index contributed by atoms with van der Waals surface area (Å²) in [7, 11) is 0. The van der Waals surface area contributed by atoms with E-state index in [0.29, 0.717) is 37.8 Å². The summed E-state index contributed by atoms with van der Waals surface area (Å²) in [5.41, 5.74) is 2.54. The van der Waals surface area contributed by atoms with Crippen LogP contribution in [-0.2, 0) is 0 Å². The van der Waals surface area contributed by atoms with E-state index in [0.717, 1.165) is 12.2 Å². The molecule has 2 N–H and O–H groups in total. The lowest BCUT2D eigenvalue weighted by atomic mass is 10.0. The third kappa shape index (κ3) is 2.22. The molecular formula is C18H13BrN2O3. The standard InChI is InChI=1S/C18H13BrN2O3/c1-2-20-9-3-6-13-14(7-9)24-18-15(19)17(23)11-5-4-10(22)8-12(11)16(18)21-13/h3-8,20,22H,2H2,1H3. The summed E-state index contributed by atoms with van der Waals surface area (Å²) in [5.74, 6) is 0.453. The molecular weight excluding hydrogens is 372 g/mol. The first-order chi connectivity index (χ1) is 11.6. The van der Waals surface area contributed by atoms with Crippen LogP contribution in [0, 0.1) is 0 Å². The molecule has 1 aliphatic carbocycles. The number of halogens is 1. The van der Waals surface area contributed by atoms with E-state index in [1.807, 2.05) is 25.1 Å². The van der Waals surface area contributed by atoms with Crippen LogP contribution in [0.5, 0.6) is 5.75 Å². The Labute approximate surface area is 145 Å². The summed E-state index contributed by atoms with van der Waals surface area (Å²) in [6.45, 7) is 2.81. The molecule has 0 spiro atoms. The Morgan fingerprint density at radius 3 is 2.83 bits per heavy atom. The van der Waals surface area contributed by atoms with Crippen LogP contribution in [-0.4, -0.2) is 16.6 Å². The molecule has 2 aromatic rings. The Balaban J connectivity index is 2.15. The van der Waals surface area contributed by atoms with Crippen molar-refractivity contribution in [2.75, 3.05) is 11.9 Å². The smallest absolute Gasteiger partial charge is 0.204 e. The largest absolute Gasteiger partial charge is 0.508 e. The van der Waals surface area contributed by atoms with Gasteiger partial charge in [0.05, 0.1) is 0 Å². The zero-order valence-corrected chi connectivity index (χ0v) is 14.3. The molecule has 0 unspecified atom stereocenters. The maximum absolute atomic E-state index is 12.5. The number of fused-ring (bicyclic) bond motifs is 4. The van der Waals surface area contributed by atoms with Crippen molar-refractivity contribution in [3.8, 4) is 17.2 Å². The van der Waals surface area contributed by atoms with Gasteiger partial charge in [0.1, 0.15) is 21.4 Å². The van der Waals surface area contributed by atoms with E-state index in [1.165, 1.54) is 12.1 Å². The van der Waals surface area contributed by atoms with Crippen molar-refractivity contribution in [1.29, 1.82) is 0 Å². The van der Waals surface area contributed by atoms with Crippen molar-refractivity contribution in [2.45, 2.75) is 6.92 Å². The van der Waals surface area contributed by atoms with Crippen LogP contribution in [0.25, 0.3) is 33.3 Å². The van der Waals surface area contributed by atoms with Crippen LogP contribution < -0.4 is 10.7 Å². The van der Waals surface area contributed by atoms with Gasteiger partial charge in [-0.25, -0.2) is 4.98 Å². The van der Waals surface area contributed by atoms with Gasteiger partial charge in [0, 0.05) is 29.1 Å². The van der Waals surface area contributed by atoms with Crippen molar-refractivity contribution in [2.24, 2.45) is 0 Å². The SMILES string of the molecule is CCNc1ccc2nc3c4cc(O)ccc4c(=O)c(Br)c-3oc2c1. The van der Waals surface area contributed by atoms with Gasteiger partial charge in [-0.1, -0.05) is 0 Å². The summed E-state index contributed by atoms with van der Waals surface area (Å²) in [4.78, 5) is 17.2. The monoisotopic (exact) mass is 384 g/mol. The van der Waals surface area contributed by atoms with Crippen LogP contribution in [0.2, 0.25) is 0 Å². The van der Waals surface area contributed by atoms with Crippen molar-refractivity contribution < 1.29 is 9.52 Å². The normalized spacial score (nSPS) is 11.4. The fourth-order valence-electron chi connectivity index (χ4n) is 2.81. The van der Waals surface area contributed by atoms with Gasteiger partial charge in [-0.2, -0.15) is 0 Å². The molecule has 24 heavy (non-hydrogen) atoms. The highest BCUT2D eigenvalue weighted by Crippen LogP contribution is 2.36. The predicted molar refractivity (Wildman–Crippen MR) is 97.9 cm³/mol. The number of nitrogens with zero attached hydrogens (tertiary/aromatic N) is 1. The van der Waals surface area contributed by atoms with Crippen molar-refractivity contribution in [1.82, 2.24) is 4.98 Å². The maximum Gasteiger partial charge on any atom is 0.204 e. The molecule has 6 heteroatoms. The van der Waals surface area contributed by atoms with Gasteiger partial charge in [0.15, 0.2) is 11.3 Å². The molecule has 1 heterocycles. The van der Waals surface area contributed by atoms with E-state index >= 15 is 0 Å². The molecule has 2 aromatic carbocycles. The number of benzene rings is 3. The zero-order valence-electron chi connectivity index (χ0n) is 12.8. The summed E-state index contributed by atoms with van der Waals surface area (Å²) in [6, 6.07) is 10.3. The topological polar surface area (TPSA) is 75.4 Å². The number of aromatic nitrogens is 1. The summed E-state index contributed by atoms with van der Waals surface area (Å²) in [6.07, 6.45) is 0. The minimum Gasteiger partial charge on any atom is -0.508 e. The van der Waals surface area contributed by atoms with E-state index in [1.54, 1.807) is 6.07 Å². The number of phenolic OH excluding ortho intramolecular Hbond substituents is 1. The van der Waals surface area contributed by atoms with E-state index < -0.39 is 0 Å². The van der Waals surface area contributed by atoms with Gasteiger partial charge >= 0.3 is 0 Å². The molecule has 0 amide bonds. The minimum atomic E-state index is -0.190. The van der Waals surface area contributed by atoms with Crippen LogP contribution in [0.4, 0.5) is 5.69 Å². The van der Waals surface area contributed by atoms with E-state index in [2.05, 4.69) is 26.2 Å². The lowest BCUT2D eigenvalue weighted by molar-refractivity contribution is 0.476. The predicted octanol–water partition coefficient (Wildman–Crippen LogP) is 4.35. The van der Waals surface area contributed by atoms with Crippen LogP contribution in [0.15, 0.2) is 50.1 Å². The van der Waals surface area contributed by atoms with Crippen molar-refractivity contribution in [3.05, 3.63) is 51.1 Å². The average Bonchev–Trinajstić information content (AvgIpc) is 2.58. The number of phenols is 1. The first-order valence-corrected chi connectivity index (χ1v) is 8.30. The van der Waals surface area contributed by atoms with Crippen molar-refractivity contribution in [3.63, 3.8) is 0 Å². The Morgan fingerprint density at radius 1 is 1.21 bits per heavy atom. The Bertz CT molecular complexity index is 1120. The first kappa shape index (κ1) is 15.0. The van der Waals surface area contributed by atoms with Crippen LogP contribution >= 0.6 is 15.9 Å².